The van der Waals surface area contributed by atoms with Crippen molar-refractivity contribution < 1.29 is 0 Å². The van der Waals surface area contributed by atoms with Crippen LogP contribution in [0, 0.1) is 12.8 Å². The summed E-state index contributed by atoms with van der Waals surface area (Å²) in [6, 6.07) is 8.42. The van der Waals surface area contributed by atoms with Gasteiger partial charge in [0.25, 0.3) is 0 Å². The van der Waals surface area contributed by atoms with Crippen LogP contribution in [-0.2, 0) is 19.4 Å². The molecule has 0 aliphatic carbocycles. The van der Waals surface area contributed by atoms with Crippen LogP contribution in [0.3, 0.4) is 0 Å². The Morgan fingerprint density at radius 3 is 3.00 bits per heavy atom. The van der Waals surface area contributed by atoms with Gasteiger partial charge in [0, 0.05) is 50.2 Å². The fourth-order valence-corrected chi connectivity index (χ4v) is 3.81. The predicted octanol–water partition coefficient (Wildman–Crippen LogP) is 2.66. The molecule has 150 valence electrons. The molecule has 0 spiro atoms. The van der Waals surface area contributed by atoms with Gasteiger partial charge < -0.3 is 20.2 Å². The molecule has 0 saturated heterocycles. The molecular weight excluding hydrogens is 465 g/mol. The van der Waals surface area contributed by atoms with E-state index in [4.69, 9.17) is 0 Å². The van der Waals surface area contributed by atoms with E-state index >= 15 is 0 Å². The summed E-state index contributed by atoms with van der Waals surface area (Å²) in [6.45, 7) is 4.76. The third-order valence-electron chi connectivity index (χ3n) is 5.37. The zero-order chi connectivity index (χ0) is 18.6. The number of nitrogens with zero attached hydrogens (tertiary/aromatic N) is 4. The number of aliphatic imine (C=N–C) groups is 1. The highest BCUT2D eigenvalue weighted by Gasteiger charge is 2.21. The second kappa shape index (κ2) is 9.40. The summed E-state index contributed by atoms with van der Waals surface area (Å²) in [5.41, 5.74) is 2.52. The largest absolute Gasteiger partial charge is 0.361 e. The number of benzene rings is 1. The van der Waals surface area contributed by atoms with Crippen molar-refractivity contribution in [2.45, 2.75) is 32.7 Å². The zero-order valence-electron chi connectivity index (χ0n) is 16.4. The Kier molecular flexibility index (Phi) is 6.93. The Labute approximate surface area is 182 Å². The van der Waals surface area contributed by atoms with E-state index in [0.717, 1.165) is 56.5 Å². The molecule has 0 radical (unpaired) electrons. The minimum absolute atomic E-state index is 0. The van der Waals surface area contributed by atoms with Crippen molar-refractivity contribution in [1.82, 2.24) is 30.4 Å². The van der Waals surface area contributed by atoms with Crippen molar-refractivity contribution in [3.05, 3.63) is 47.7 Å². The number of aromatic amines is 1. The monoisotopic (exact) mass is 493 g/mol. The lowest BCUT2D eigenvalue weighted by Crippen LogP contribution is -2.42. The third-order valence-corrected chi connectivity index (χ3v) is 5.37. The van der Waals surface area contributed by atoms with Gasteiger partial charge in [-0.15, -0.1) is 34.2 Å². The van der Waals surface area contributed by atoms with Gasteiger partial charge in [-0.1, -0.05) is 18.2 Å². The van der Waals surface area contributed by atoms with E-state index in [1.807, 2.05) is 14.0 Å². The van der Waals surface area contributed by atoms with Crippen LogP contribution in [0.4, 0.5) is 0 Å². The van der Waals surface area contributed by atoms with Crippen molar-refractivity contribution in [1.29, 1.82) is 0 Å². The van der Waals surface area contributed by atoms with Crippen LogP contribution >= 0.6 is 24.0 Å². The summed E-state index contributed by atoms with van der Waals surface area (Å²) >= 11 is 0. The Bertz CT molecular complexity index is 943. The summed E-state index contributed by atoms with van der Waals surface area (Å²) < 4.78 is 2.24. The number of guanidine groups is 1. The molecule has 2 aromatic heterocycles. The second-order valence-electron chi connectivity index (χ2n) is 7.17. The van der Waals surface area contributed by atoms with Gasteiger partial charge in [-0.2, -0.15) is 0 Å². The summed E-state index contributed by atoms with van der Waals surface area (Å²) in [7, 11) is 1.82. The first kappa shape index (κ1) is 20.6. The maximum absolute atomic E-state index is 4.36. The number of nitrogens with one attached hydrogen (secondary N) is 3. The molecular formula is C20H28IN7. The van der Waals surface area contributed by atoms with E-state index in [-0.39, 0.29) is 24.0 Å². The van der Waals surface area contributed by atoms with Crippen LogP contribution in [0.15, 0.2) is 35.5 Å². The molecule has 7 nitrogen and oxygen atoms in total. The molecule has 3 N–H and O–H groups in total. The van der Waals surface area contributed by atoms with E-state index in [9.17, 15) is 0 Å². The smallest absolute Gasteiger partial charge is 0.190 e. The molecule has 1 aliphatic heterocycles. The standard InChI is InChI=1S/C20H27N7.HI/c1-14-25-26-19-8-7-15(13-27(14)19)11-24-20(21-2)22-10-9-16-12-23-18-6-4-3-5-17(16)18;/h3-6,12,15,23H,7-11,13H2,1-2H3,(H2,21,22,24);1H. The van der Waals surface area contributed by atoms with Gasteiger partial charge in [0.2, 0.25) is 0 Å². The first-order valence-corrected chi connectivity index (χ1v) is 9.63. The highest BCUT2D eigenvalue weighted by molar-refractivity contribution is 14.0. The SMILES string of the molecule is CN=C(NCCc1c[nH]c2ccccc12)NCC1CCc2nnc(C)n2C1.I. The van der Waals surface area contributed by atoms with Gasteiger partial charge in [0.1, 0.15) is 11.6 Å². The molecule has 0 saturated carbocycles. The zero-order valence-corrected chi connectivity index (χ0v) is 18.7. The fourth-order valence-electron chi connectivity index (χ4n) is 3.81. The fraction of sp³-hybridized carbons (Fsp3) is 0.450. The quantitative estimate of drug-likeness (QED) is 0.290. The minimum atomic E-state index is 0. The van der Waals surface area contributed by atoms with Crippen LogP contribution in [0.2, 0.25) is 0 Å². The molecule has 0 bridgehead atoms. The number of hydrogen-bond acceptors (Lipinski definition) is 3. The molecule has 4 rings (SSSR count). The van der Waals surface area contributed by atoms with E-state index in [0.29, 0.717) is 5.92 Å². The van der Waals surface area contributed by atoms with Crippen molar-refractivity contribution in [2.75, 3.05) is 20.1 Å². The topological polar surface area (TPSA) is 82.9 Å². The van der Waals surface area contributed by atoms with Crippen LogP contribution in [0.25, 0.3) is 10.9 Å². The van der Waals surface area contributed by atoms with Gasteiger partial charge in [0.05, 0.1) is 0 Å². The third kappa shape index (κ3) is 4.48. The highest BCUT2D eigenvalue weighted by Crippen LogP contribution is 2.19. The number of halogens is 1. The van der Waals surface area contributed by atoms with Crippen molar-refractivity contribution >= 4 is 40.8 Å². The van der Waals surface area contributed by atoms with Gasteiger partial charge in [-0.3, -0.25) is 4.99 Å². The number of para-hydroxylation sites is 1. The molecule has 1 atom stereocenters. The summed E-state index contributed by atoms with van der Waals surface area (Å²) in [5.74, 6) is 3.56. The van der Waals surface area contributed by atoms with Crippen molar-refractivity contribution in [3.8, 4) is 0 Å². The van der Waals surface area contributed by atoms with Crippen LogP contribution < -0.4 is 10.6 Å². The number of fused-ring (bicyclic) bond motifs is 2. The molecule has 28 heavy (non-hydrogen) atoms. The van der Waals surface area contributed by atoms with E-state index in [2.05, 4.69) is 65.8 Å². The first-order valence-electron chi connectivity index (χ1n) is 9.63. The van der Waals surface area contributed by atoms with Gasteiger partial charge >= 0.3 is 0 Å². The predicted molar refractivity (Wildman–Crippen MR) is 123 cm³/mol. The molecule has 1 unspecified atom stereocenters. The van der Waals surface area contributed by atoms with Crippen molar-refractivity contribution in [3.63, 3.8) is 0 Å². The molecule has 8 heteroatoms. The lowest BCUT2D eigenvalue weighted by molar-refractivity contribution is 0.358. The lowest BCUT2D eigenvalue weighted by Gasteiger charge is -2.25. The normalized spacial score (nSPS) is 16.5. The minimum Gasteiger partial charge on any atom is -0.361 e. The van der Waals surface area contributed by atoms with E-state index in [1.54, 1.807) is 0 Å². The summed E-state index contributed by atoms with van der Waals surface area (Å²) in [6.07, 6.45) is 5.19. The molecule has 0 fully saturated rings. The Morgan fingerprint density at radius 2 is 2.14 bits per heavy atom. The van der Waals surface area contributed by atoms with Gasteiger partial charge in [-0.25, -0.2) is 0 Å². The summed E-state index contributed by atoms with van der Waals surface area (Å²) in [4.78, 5) is 7.69. The Balaban J connectivity index is 0.00000225. The number of aryl methyl sites for hydroxylation is 2. The molecule has 0 amide bonds. The highest BCUT2D eigenvalue weighted by atomic mass is 127. The maximum Gasteiger partial charge on any atom is 0.190 e. The number of aromatic nitrogens is 4. The molecule has 3 heterocycles. The molecule has 1 aromatic carbocycles. The van der Waals surface area contributed by atoms with E-state index < -0.39 is 0 Å². The lowest BCUT2D eigenvalue weighted by atomic mass is 9.99. The Hall–Kier alpha value is -2.10. The first-order chi connectivity index (χ1) is 13.2. The van der Waals surface area contributed by atoms with Gasteiger partial charge in [0.15, 0.2) is 5.96 Å². The second-order valence-corrected chi connectivity index (χ2v) is 7.17. The van der Waals surface area contributed by atoms with Gasteiger partial charge in [-0.05, 0) is 37.3 Å². The van der Waals surface area contributed by atoms with Crippen molar-refractivity contribution in [2.24, 2.45) is 10.9 Å². The average Bonchev–Trinajstić information content (AvgIpc) is 3.28. The number of rotatable bonds is 5. The van der Waals surface area contributed by atoms with Crippen LogP contribution in [0.1, 0.15) is 23.6 Å². The number of hydrogen-bond donors (Lipinski definition) is 3. The van der Waals surface area contributed by atoms with Crippen LogP contribution in [0.5, 0.6) is 0 Å². The molecule has 3 aromatic rings. The Morgan fingerprint density at radius 1 is 1.29 bits per heavy atom. The van der Waals surface area contributed by atoms with Crippen LogP contribution in [-0.4, -0.2) is 45.8 Å². The average molecular weight is 493 g/mol. The number of H-pyrrole nitrogens is 1. The maximum atomic E-state index is 4.36. The molecule has 1 aliphatic rings. The van der Waals surface area contributed by atoms with E-state index in [1.165, 1.54) is 16.5 Å². The summed E-state index contributed by atoms with van der Waals surface area (Å²) in [5, 5.41) is 16.6.